The number of hydrogen-bond donors (Lipinski definition) is 0. The molecule has 0 spiro atoms. The molecule has 2 aromatic rings. The Labute approximate surface area is 108 Å². The highest BCUT2D eigenvalue weighted by Crippen LogP contribution is 2.30. The molecule has 0 unspecified atom stereocenters. The summed E-state index contributed by atoms with van der Waals surface area (Å²) in [6.07, 6.45) is 0. The van der Waals surface area contributed by atoms with Gasteiger partial charge in [-0.1, -0.05) is 57.9 Å². The molecule has 1 nitrogen and oxygen atoms in total. The van der Waals surface area contributed by atoms with Crippen molar-refractivity contribution in [2.45, 2.75) is 6.61 Å². The van der Waals surface area contributed by atoms with E-state index in [-0.39, 0.29) is 6.61 Å². The van der Waals surface area contributed by atoms with Crippen LogP contribution >= 0.6 is 27.5 Å². The first-order chi connectivity index (χ1) is 7.70. The molecule has 3 heteroatoms. The molecule has 2 rings (SSSR count). The number of rotatable bonds is 2. The van der Waals surface area contributed by atoms with E-state index in [1.807, 2.05) is 42.5 Å². The molecule has 0 saturated heterocycles. The van der Waals surface area contributed by atoms with Gasteiger partial charge in [-0.3, -0.25) is 0 Å². The van der Waals surface area contributed by atoms with Gasteiger partial charge in [0, 0.05) is 15.1 Å². The lowest BCUT2D eigenvalue weighted by atomic mass is 10.0. The van der Waals surface area contributed by atoms with Crippen LogP contribution in [0.15, 0.2) is 46.9 Å². The highest BCUT2D eigenvalue weighted by Gasteiger charge is 2.03. The van der Waals surface area contributed by atoms with Crippen LogP contribution in [-0.2, 0) is 11.7 Å². The summed E-state index contributed by atoms with van der Waals surface area (Å²) in [5, 5.41) is 11.4. The Morgan fingerprint density at radius 3 is 2.31 bits per heavy atom. The van der Waals surface area contributed by atoms with E-state index in [9.17, 15) is 5.11 Å². The lowest BCUT2D eigenvalue weighted by molar-refractivity contribution is 0.177. The third-order valence-electron chi connectivity index (χ3n) is 2.36. The lowest BCUT2D eigenvalue weighted by Gasteiger charge is -2.05. The Morgan fingerprint density at radius 1 is 1.06 bits per heavy atom. The fourth-order valence-electron chi connectivity index (χ4n) is 1.50. The molecule has 0 atom stereocenters. The Morgan fingerprint density at radius 2 is 1.75 bits per heavy atom. The zero-order valence-corrected chi connectivity index (χ0v) is 10.8. The second-order valence-corrected chi connectivity index (χ2v) is 4.79. The Balaban J connectivity index is 2.42. The average molecular weight is 297 g/mol. The SMILES string of the molecule is [O]Cc1ccc(-c2ccc(Br)cc2Cl)cc1. The van der Waals surface area contributed by atoms with E-state index in [1.165, 1.54) is 0 Å². The summed E-state index contributed by atoms with van der Waals surface area (Å²) in [4.78, 5) is 0. The molecule has 16 heavy (non-hydrogen) atoms. The van der Waals surface area contributed by atoms with E-state index < -0.39 is 0 Å². The van der Waals surface area contributed by atoms with Gasteiger partial charge in [0.2, 0.25) is 0 Å². The molecular formula is C13H9BrClO. The van der Waals surface area contributed by atoms with Crippen molar-refractivity contribution >= 4 is 27.5 Å². The number of hydrogen-bond acceptors (Lipinski definition) is 0. The predicted octanol–water partition coefficient (Wildman–Crippen LogP) is 4.70. The molecule has 0 bridgehead atoms. The summed E-state index contributed by atoms with van der Waals surface area (Å²) in [6, 6.07) is 13.3. The van der Waals surface area contributed by atoms with Crippen molar-refractivity contribution in [2.75, 3.05) is 0 Å². The van der Waals surface area contributed by atoms with Crippen LogP contribution < -0.4 is 0 Å². The van der Waals surface area contributed by atoms with Crippen LogP contribution in [0.25, 0.3) is 11.1 Å². The fourth-order valence-corrected chi connectivity index (χ4v) is 2.29. The maximum Gasteiger partial charge on any atom is 0.107 e. The predicted molar refractivity (Wildman–Crippen MR) is 69.0 cm³/mol. The van der Waals surface area contributed by atoms with Crippen molar-refractivity contribution in [2.24, 2.45) is 0 Å². The second kappa shape index (κ2) is 5.00. The van der Waals surface area contributed by atoms with Crippen molar-refractivity contribution in [3.05, 3.63) is 57.5 Å². The number of halogens is 2. The molecule has 0 aliphatic carbocycles. The van der Waals surface area contributed by atoms with Crippen molar-refractivity contribution in [1.29, 1.82) is 0 Å². The quantitative estimate of drug-likeness (QED) is 0.765. The van der Waals surface area contributed by atoms with Crippen LogP contribution in [0.5, 0.6) is 0 Å². The van der Waals surface area contributed by atoms with Crippen LogP contribution in [0.2, 0.25) is 5.02 Å². The highest BCUT2D eigenvalue weighted by atomic mass is 79.9. The Bertz CT molecular complexity index is 494. The zero-order valence-electron chi connectivity index (χ0n) is 8.41. The van der Waals surface area contributed by atoms with Gasteiger partial charge < -0.3 is 0 Å². The van der Waals surface area contributed by atoms with Gasteiger partial charge in [0.25, 0.3) is 0 Å². The standard InChI is InChI=1S/C13H9BrClO/c14-11-5-6-12(13(15)7-11)10-3-1-9(8-16)2-4-10/h1-7H,8H2. The van der Waals surface area contributed by atoms with E-state index in [0.29, 0.717) is 5.02 Å². The van der Waals surface area contributed by atoms with Crippen LogP contribution in [0.3, 0.4) is 0 Å². The van der Waals surface area contributed by atoms with E-state index in [1.54, 1.807) is 0 Å². The summed E-state index contributed by atoms with van der Waals surface area (Å²) in [7, 11) is 0. The van der Waals surface area contributed by atoms with E-state index in [0.717, 1.165) is 21.2 Å². The summed E-state index contributed by atoms with van der Waals surface area (Å²) >= 11 is 9.51. The van der Waals surface area contributed by atoms with Gasteiger partial charge in [0.05, 0.1) is 0 Å². The number of benzene rings is 2. The van der Waals surface area contributed by atoms with Crippen molar-refractivity contribution < 1.29 is 5.11 Å². The minimum atomic E-state index is -0.186. The van der Waals surface area contributed by atoms with Gasteiger partial charge in [-0.05, 0) is 23.3 Å². The monoisotopic (exact) mass is 295 g/mol. The molecule has 0 aliphatic heterocycles. The smallest absolute Gasteiger partial charge is 0.107 e. The molecule has 1 radical (unpaired) electrons. The van der Waals surface area contributed by atoms with Gasteiger partial charge in [-0.15, -0.1) is 0 Å². The minimum absolute atomic E-state index is 0.186. The molecule has 2 aromatic carbocycles. The van der Waals surface area contributed by atoms with E-state index in [4.69, 9.17) is 11.6 Å². The summed E-state index contributed by atoms with van der Waals surface area (Å²) in [5.74, 6) is 0. The van der Waals surface area contributed by atoms with Crippen LogP contribution in [0.1, 0.15) is 5.56 Å². The topological polar surface area (TPSA) is 19.9 Å². The summed E-state index contributed by atoms with van der Waals surface area (Å²) < 4.78 is 0.956. The van der Waals surface area contributed by atoms with Gasteiger partial charge in [0.1, 0.15) is 6.61 Å². The molecule has 0 N–H and O–H groups in total. The van der Waals surface area contributed by atoms with E-state index >= 15 is 0 Å². The largest absolute Gasteiger partial charge is 0.232 e. The van der Waals surface area contributed by atoms with E-state index in [2.05, 4.69) is 15.9 Å². The summed E-state index contributed by atoms with van der Waals surface area (Å²) in [5.41, 5.74) is 2.79. The molecule has 0 aromatic heterocycles. The Hall–Kier alpha value is -0.830. The molecule has 0 saturated carbocycles. The third-order valence-corrected chi connectivity index (χ3v) is 3.17. The van der Waals surface area contributed by atoms with Crippen LogP contribution in [-0.4, -0.2) is 0 Å². The van der Waals surface area contributed by atoms with Crippen molar-refractivity contribution in [3.8, 4) is 11.1 Å². The zero-order chi connectivity index (χ0) is 11.5. The minimum Gasteiger partial charge on any atom is -0.232 e. The second-order valence-electron chi connectivity index (χ2n) is 3.47. The lowest BCUT2D eigenvalue weighted by Crippen LogP contribution is -1.83. The molecule has 81 valence electrons. The van der Waals surface area contributed by atoms with Crippen molar-refractivity contribution in [3.63, 3.8) is 0 Å². The summed E-state index contributed by atoms with van der Waals surface area (Å²) in [6.45, 7) is -0.186. The first-order valence-electron chi connectivity index (χ1n) is 4.83. The van der Waals surface area contributed by atoms with Crippen LogP contribution in [0.4, 0.5) is 0 Å². The molecule has 0 heterocycles. The van der Waals surface area contributed by atoms with Gasteiger partial charge in [-0.25, -0.2) is 5.11 Å². The maximum absolute atomic E-state index is 10.7. The molecule has 0 aliphatic rings. The van der Waals surface area contributed by atoms with Gasteiger partial charge >= 0.3 is 0 Å². The van der Waals surface area contributed by atoms with Crippen molar-refractivity contribution in [1.82, 2.24) is 0 Å². The average Bonchev–Trinajstić information content (AvgIpc) is 2.29. The van der Waals surface area contributed by atoms with Gasteiger partial charge in [-0.2, -0.15) is 0 Å². The highest BCUT2D eigenvalue weighted by molar-refractivity contribution is 9.10. The Kier molecular flexibility index (Phi) is 3.64. The molecule has 0 fully saturated rings. The first-order valence-corrected chi connectivity index (χ1v) is 6.00. The van der Waals surface area contributed by atoms with Gasteiger partial charge in [0.15, 0.2) is 0 Å². The van der Waals surface area contributed by atoms with Crippen LogP contribution in [0, 0.1) is 0 Å². The third kappa shape index (κ3) is 2.46. The molecular weight excluding hydrogens is 287 g/mol. The first kappa shape index (κ1) is 11.6. The fraction of sp³-hybridized carbons (Fsp3) is 0.0769. The normalized spacial score (nSPS) is 10.4. The molecule has 0 amide bonds. The maximum atomic E-state index is 10.7.